The summed E-state index contributed by atoms with van der Waals surface area (Å²) in [5.74, 6) is 1.43. The number of hydrogen-bond donors (Lipinski definition) is 0. The SMILES string of the molecule is CN1Cc2cc(N3CCOc4cc(C(=O)N5CCCCC5)cnc43)ccc2C1=O. The summed E-state index contributed by atoms with van der Waals surface area (Å²) in [7, 11) is 1.81. The fourth-order valence-corrected chi connectivity index (χ4v) is 4.37. The van der Waals surface area contributed by atoms with Crippen LogP contribution in [-0.2, 0) is 6.54 Å². The highest BCUT2D eigenvalue weighted by Gasteiger charge is 2.28. The van der Waals surface area contributed by atoms with Gasteiger partial charge in [-0.25, -0.2) is 4.98 Å². The molecule has 0 saturated carbocycles. The monoisotopic (exact) mass is 392 g/mol. The number of nitrogens with zero attached hydrogens (tertiary/aromatic N) is 4. The summed E-state index contributed by atoms with van der Waals surface area (Å²) in [6, 6.07) is 7.72. The minimum absolute atomic E-state index is 0.0276. The van der Waals surface area contributed by atoms with Crippen LogP contribution in [0.15, 0.2) is 30.5 Å². The van der Waals surface area contributed by atoms with E-state index in [1.54, 1.807) is 11.1 Å². The zero-order chi connectivity index (χ0) is 20.0. The molecule has 0 radical (unpaired) electrons. The number of aromatic nitrogens is 1. The van der Waals surface area contributed by atoms with Crippen LogP contribution >= 0.6 is 0 Å². The lowest BCUT2D eigenvalue weighted by molar-refractivity contribution is 0.0723. The predicted octanol–water partition coefficient (Wildman–Crippen LogP) is 2.82. The van der Waals surface area contributed by atoms with Crippen LogP contribution in [0, 0.1) is 0 Å². The molecular weight excluding hydrogens is 368 g/mol. The Labute approximate surface area is 169 Å². The van der Waals surface area contributed by atoms with Gasteiger partial charge >= 0.3 is 0 Å². The molecule has 3 aliphatic heterocycles. The molecule has 4 heterocycles. The second kappa shape index (κ2) is 7.06. The number of rotatable bonds is 2. The van der Waals surface area contributed by atoms with Crippen LogP contribution in [0.5, 0.6) is 5.75 Å². The molecule has 0 bridgehead atoms. The maximum absolute atomic E-state index is 12.8. The van der Waals surface area contributed by atoms with Crippen LogP contribution in [0.3, 0.4) is 0 Å². The lowest BCUT2D eigenvalue weighted by Gasteiger charge is -2.31. The molecule has 1 aromatic carbocycles. The Morgan fingerprint density at radius 1 is 1.10 bits per heavy atom. The van der Waals surface area contributed by atoms with Crippen molar-refractivity contribution >= 4 is 23.3 Å². The van der Waals surface area contributed by atoms with Gasteiger partial charge in [-0.05, 0) is 49.1 Å². The second-order valence-corrected chi connectivity index (χ2v) is 7.90. The van der Waals surface area contributed by atoms with Crippen LogP contribution in [0.4, 0.5) is 11.5 Å². The molecule has 7 heteroatoms. The average molecular weight is 392 g/mol. The van der Waals surface area contributed by atoms with Crippen LogP contribution in [-0.4, -0.2) is 59.9 Å². The maximum Gasteiger partial charge on any atom is 0.255 e. The van der Waals surface area contributed by atoms with Crippen LogP contribution in [0.25, 0.3) is 0 Å². The van der Waals surface area contributed by atoms with Gasteiger partial charge in [0.1, 0.15) is 6.61 Å². The van der Waals surface area contributed by atoms with Gasteiger partial charge in [0, 0.05) is 44.1 Å². The van der Waals surface area contributed by atoms with Crippen LogP contribution in [0.1, 0.15) is 45.5 Å². The van der Waals surface area contributed by atoms with Crippen molar-refractivity contribution < 1.29 is 14.3 Å². The van der Waals surface area contributed by atoms with E-state index in [-0.39, 0.29) is 11.8 Å². The molecule has 0 unspecified atom stereocenters. The standard InChI is InChI=1S/C22H24N4O3/c1-24-14-16-11-17(5-6-18(16)22(24)28)26-9-10-29-19-12-15(13-23-20(19)26)21(27)25-7-3-2-4-8-25/h5-6,11-13H,2-4,7-10,14H2,1H3. The Bertz CT molecular complexity index is 984. The number of piperidine rings is 1. The minimum atomic E-state index is 0.0276. The first kappa shape index (κ1) is 18.0. The highest BCUT2D eigenvalue weighted by molar-refractivity contribution is 5.99. The molecule has 0 atom stereocenters. The van der Waals surface area contributed by atoms with Crippen molar-refractivity contribution in [3.63, 3.8) is 0 Å². The lowest BCUT2D eigenvalue weighted by Crippen LogP contribution is -2.36. The van der Waals surface area contributed by atoms with Gasteiger partial charge in [0.25, 0.3) is 11.8 Å². The summed E-state index contributed by atoms with van der Waals surface area (Å²) >= 11 is 0. The summed E-state index contributed by atoms with van der Waals surface area (Å²) in [6.07, 6.45) is 4.96. The molecule has 7 nitrogen and oxygen atoms in total. The molecule has 0 N–H and O–H groups in total. The van der Waals surface area contributed by atoms with Crippen molar-refractivity contribution in [2.24, 2.45) is 0 Å². The molecule has 2 amide bonds. The van der Waals surface area contributed by atoms with Crippen molar-refractivity contribution in [3.05, 3.63) is 47.2 Å². The van der Waals surface area contributed by atoms with E-state index in [1.807, 2.05) is 30.1 Å². The Kier molecular flexibility index (Phi) is 4.38. The van der Waals surface area contributed by atoms with E-state index < -0.39 is 0 Å². The number of carbonyl (C=O) groups excluding carboxylic acids is 2. The van der Waals surface area contributed by atoms with Crippen molar-refractivity contribution in [1.29, 1.82) is 0 Å². The quantitative estimate of drug-likeness (QED) is 0.786. The first-order valence-electron chi connectivity index (χ1n) is 10.2. The normalized spacial score (nSPS) is 18.4. The molecule has 5 rings (SSSR count). The van der Waals surface area contributed by atoms with Gasteiger partial charge in [0.2, 0.25) is 0 Å². The first-order valence-corrected chi connectivity index (χ1v) is 10.2. The van der Waals surface area contributed by atoms with E-state index in [9.17, 15) is 9.59 Å². The largest absolute Gasteiger partial charge is 0.488 e. The second-order valence-electron chi connectivity index (χ2n) is 7.90. The molecule has 1 fully saturated rings. The molecule has 0 spiro atoms. The van der Waals surface area contributed by atoms with E-state index in [1.165, 1.54) is 6.42 Å². The number of amides is 2. The number of likely N-dealkylation sites (tertiary alicyclic amines) is 1. The van der Waals surface area contributed by atoms with Gasteiger partial charge in [-0.3, -0.25) is 9.59 Å². The van der Waals surface area contributed by atoms with E-state index in [2.05, 4.69) is 16.0 Å². The molecule has 2 aromatic rings. The molecule has 1 aromatic heterocycles. The van der Waals surface area contributed by atoms with Gasteiger partial charge in [0.05, 0.1) is 12.1 Å². The topological polar surface area (TPSA) is 66.0 Å². The summed E-state index contributed by atoms with van der Waals surface area (Å²) in [5.41, 5.74) is 3.35. The van der Waals surface area contributed by atoms with Crippen LogP contribution in [0.2, 0.25) is 0 Å². The molecule has 0 aliphatic carbocycles. The molecule has 29 heavy (non-hydrogen) atoms. The Morgan fingerprint density at radius 3 is 2.76 bits per heavy atom. The number of carbonyl (C=O) groups is 2. The zero-order valence-corrected chi connectivity index (χ0v) is 16.6. The highest BCUT2D eigenvalue weighted by Crippen LogP contribution is 2.37. The third-order valence-corrected chi connectivity index (χ3v) is 5.94. The van der Waals surface area contributed by atoms with E-state index in [0.717, 1.165) is 42.7 Å². The Balaban J connectivity index is 1.44. The van der Waals surface area contributed by atoms with E-state index in [0.29, 0.717) is 36.8 Å². The third-order valence-electron chi connectivity index (χ3n) is 5.94. The fraction of sp³-hybridized carbons (Fsp3) is 0.409. The predicted molar refractivity (Wildman–Crippen MR) is 109 cm³/mol. The Morgan fingerprint density at radius 2 is 1.93 bits per heavy atom. The highest BCUT2D eigenvalue weighted by atomic mass is 16.5. The van der Waals surface area contributed by atoms with E-state index in [4.69, 9.17) is 4.74 Å². The number of pyridine rings is 1. The lowest BCUT2D eigenvalue weighted by atomic mass is 10.1. The zero-order valence-electron chi connectivity index (χ0n) is 16.6. The van der Waals surface area contributed by atoms with Gasteiger partial charge < -0.3 is 19.4 Å². The maximum atomic E-state index is 12.8. The van der Waals surface area contributed by atoms with Gasteiger partial charge in [-0.15, -0.1) is 0 Å². The van der Waals surface area contributed by atoms with E-state index >= 15 is 0 Å². The number of benzene rings is 1. The van der Waals surface area contributed by atoms with Gasteiger partial charge in [0.15, 0.2) is 11.6 Å². The molecule has 150 valence electrons. The van der Waals surface area contributed by atoms with Crippen molar-refractivity contribution in [1.82, 2.24) is 14.8 Å². The van der Waals surface area contributed by atoms with Crippen molar-refractivity contribution in [2.75, 3.05) is 38.2 Å². The van der Waals surface area contributed by atoms with Crippen molar-refractivity contribution in [3.8, 4) is 5.75 Å². The first-order chi connectivity index (χ1) is 14.1. The number of fused-ring (bicyclic) bond motifs is 2. The smallest absolute Gasteiger partial charge is 0.255 e. The molecule has 3 aliphatic rings. The Hall–Kier alpha value is -3.09. The van der Waals surface area contributed by atoms with Crippen molar-refractivity contribution in [2.45, 2.75) is 25.8 Å². The van der Waals surface area contributed by atoms with Gasteiger partial charge in [-0.2, -0.15) is 0 Å². The fourth-order valence-electron chi connectivity index (χ4n) is 4.37. The van der Waals surface area contributed by atoms with Gasteiger partial charge in [-0.1, -0.05) is 0 Å². The minimum Gasteiger partial charge on any atom is -0.488 e. The third kappa shape index (κ3) is 3.10. The summed E-state index contributed by atoms with van der Waals surface area (Å²) in [4.78, 5) is 35.3. The number of hydrogen-bond acceptors (Lipinski definition) is 5. The number of ether oxygens (including phenoxy) is 1. The van der Waals surface area contributed by atoms with Crippen LogP contribution < -0.4 is 9.64 Å². The number of anilines is 2. The molecular formula is C22H24N4O3. The summed E-state index contributed by atoms with van der Waals surface area (Å²) in [5, 5.41) is 0. The summed E-state index contributed by atoms with van der Waals surface area (Å²) < 4.78 is 5.84. The average Bonchev–Trinajstić information content (AvgIpc) is 3.06. The summed E-state index contributed by atoms with van der Waals surface area (Å²) in [6.45, 7) is 3.43. The molecule has 1 saturated heterocycles.